The van der Waals surface area contributed by atoms with E-state index >= 15 is 0 Å². The molecule has 3 nitrogen and oxygen atoms in total. The van der Waals surface area contributed by atoms with E-state index in [2.05, 4.69) is 11.9 Å². The van der Waals surface area contributed by atoms with Crippen LogP contribution in [0.2, 0.25) is 0 Å². The molecule has 0 spiro atoms. The van der Waals surface area contributed by atoms with Crippen LogP contribution in [0.5, 0.6) is 0 Å². The molecule has 1 fully saturated rings. The number of halogens is 2. The third kappa shape index (κ3) is 3.88. The van der Waals surface area contributed by atoms with Crippen LogP contribution in [0.3, 0.4) is 0 Å². The number of likely N-dealkylation sites (tertiary alicyclic amines) is 1. The molecule has 1 atom stereocenters. The molecule has 21 heavy (non-hydrogen) atoms. The fourth-order valence-electron chi connectivity index (χ4n) is 2.64. The SMILES string of the molecule is C=CCNCCC1CCC(=O)N1Cc1cccc(F)c1F. The number of amides is 1. The van der Waals surface area contributed by atoms with E-state index in [1.165, 1.54) is 12.1 Å². The van der Waals surface area contributed by atoms with Gasteiger partial charge in [-0.15, -0.1) is 6.58 Å². The highest BCUT2D eigenvalue weighted by Crippen LogP contribution is 2.24. The maximum Gasteiger partial charge on any atom is 0.223 e. The molecule has 2 rings (SSSR count). The second kappa shape index (κ2) is 7.31. The van der Waals surface area contributed by atoms with Gasteiger partial charge in [-0.1, -0.05) is 18.2 Å². The lowest BCUT2D eigenvalue weighted by Gasteiger charge is -2.25. The van der Waals surface area contributed by atoms with Crippen LogP contribution in [-0.2, 0) is 11.3 Å². The van der Waals surface area contributed by atoms with E-state index in [1.54, 1.807) is 11.0 Å². The predicted molar refractivity (Wildman–Crippen MR) is 77.6 cm³/mol. The van der Waals surface area contributed by atoms with E-state index < -0.39 is 11.6 Å². The molecule has 1 heterocycles. The molecule has 0 bridgehead atoms. The van der Waals surface area contributed by atoms with Gasteiger partial charge in [-0.2, -0.15) is 0 Å². The molecule has 1 saturated heterocycles. The van der Waals surface area contributed by atoms with Gasteiger partial charge in [0.2, 0.25) is 5.91 Å². The van der Waals surface area contributed by atoms with Gasteiger partial charge < -0.3 is 10.2 Å². The number of nitrogens with one attached hydrogen (secondary N) is 1. The molecule has 0 aromatic heterocycles. The summed E-state index contributed by atoms with van der Waals surface area (Å²) < 4.78 is 27.0. The van der Waals surface area contributed by atoms with Gasteiger partial charge >= 0.3 is 0 Å². The molecule has 0 saturated carbocycles. The van der Waals surface area contributed by atoms with Crippen molar-refractivity contribution in [3.8, 4) is 0 Å². The molecular weight excluding hydrogens is 274 g/mol. The summed E-state index contributed by atoms with van der Waals surface area (Å²) in [5.74, 6) is -1.73. The smallest absolute Gasteiger partial charge is 0.223 e. The number of carbonyl (C=O) groups excluding carboxylic acids is 1. The van der Waals surface area contributed by atoms with Crippen molar-refractivity contribution in [2.24, 2.45) is 0 Å². The van der Waals surface area contributed by atoms with Crippen LogP contribution in [0.1, 0.15) is 24.8 Å². The first-order valence-electron chi connectivity index (χ1n) is 7.17. The summed E-state index contributed by atoms with van der Waals surface area (Å²) in [4.78, 5) is 13.6. The first-order valence-corrected chi connectivity index (χ1v) is 7.17. The Balaban J connectivity index is 2.00. The minimum Gasteiger partial charge on any atom is -0.335 e. The van der Waals surface area contributed by atoms with E-state index in [4.69, 9.17) is 0 Å². The summed E-state index contributed by atoms with van der Waals surface area (Å²) >= 11 is 0. The summed E-state index contributed by atoms with van der Waals surface area (Å²) in [6.45, 7) is 5.25. The highest BCUT2D eigenvalue weighted by molar-refractivity contribution is 5.78. The predicted octanol–water partition coefficient (Wildman–Crippen LogP) is 2.62. The molecular formula is C16H20F2N2O. The van der Waals surface area contributed by atoms with Crippen molar-refractivity contribution in [3.05, 3.63) is 48.1 Å². The summed E-state index contributed by atoms with van der Waals surface area (Å²) in [5.41, 5.74) is 0.231. The van der Waals surface area contributed by atoms with Crippen LogP contribution in [0.25, 0.3) is 0 Å². The highest BCUT2D eigenvalue weighted by Gasteiger charge is 2.31. The first-order chi connectivity index (χ1) is 10.1. The van der Waals surface area contributed by atoms with Gasteiger partial charge in [-0.05, 0) is 25.5 Å². The van der Waals surface area contributed by atoms with Gasteiger partial charge in [0.15, 0.2) is 11.6 Å². The Labute approximate surface area is 123 Å². The van der Waals surface area contributed by atoms with Gasteiger partial charge in [0, 0.05) is 31.1 Å². The Morgan fingerprint density at radius 2 is 2.24 bits per heavy atom. The number of nitrogens with zero attached hydrogens (tertiary/aromatic N) is 1. The van der Waals surface area contributed by atoms with E-state index in [-0.39, 0.29) is 24.1 Å². The lowest BCUT2D eigenvalue weighted by atomic mass is 10.1. The van der Waals surface area contributed by atoms with Crippen molar-refractivity contribution in [2.45, 2.75) is 31.8 Å². The largest absolute Gasteiger partial charge is 0.335 e. The standard InChI is InChI=1S/C16H20F2N2O/c1-2-9-19-10-8-13-6-7-15(21)20(13)11-12-4-3-5-14(17)16(12)18/h2-5,13,19H,1,6-11H2. The number of hydrogen-bond donors (Lipinski definition) is 1. The molecule has 1 aliphatic heterocycles. The molecule has 5 heteroatoms. The number of carbonyl (C=O) groups is 1. The van der Waals surface area contributed by atoms with Gasteiger partial charge in [0.1, 0.15) is 0 Å². The van der Waals surface area contributed by atoms with Crippen molar-refractivity contribution in [3.63, 3.8) is 0 Å². The average molecular weight is 294 g/mol. The van der Waals surface area contributed by atoms with Crippen LogP contribution < -0.4 is 5.32 Å². The van der Waals surface area contributed by atoms with E-state index in [9.17, 15) is 13.6 Å². The normalized spacial score (nSPS) is 18.3. The summed E-state index contributed by atoms with van der Waals surface area (Å²) in [6.07, 6.45) is 3.82. The van der Waals surface area contributed by atoms with Crippen LogP contribution in [-0.4, -0.2) is 29.9 Å². The zero-order valence-corrected chi connectivity index (χ0v) is 11.9. The topological polar surface area (TPSA) is 32.3 Å². The maximum atomic E-state index is 13.7. The van der Waals surface area contributed by atoms with E-state index in [0.29, 0.717) is 6.42 Å². The highest BCUT2D eigenvalue weighted by atomic mass is 19.2. The Morgan fingerprint density at radius 1 is 1.43 bits per heavy atom. The summed E-state index contributed by atoms with van der Waals surface area (Å²) in [7, 11) is 0. The van der Waals surface area contributed by atoms with E-state index in [1.807, 2.05) is 0 Å². The van der Waals surface area contributed by atoms with Crippen LogP contribution in [0, 0.1) is 11.6 Å². The minimum absolute atomic E-state index is 0.00684. The number of benzene rings is 1. The summed E-state index contributed by atoms with van der Waals surface area (Å²) in [5, 5.41) is 3.19. The van der Waals surface area contributed by atoms with Gasteiger partial charge in [-0.25, -0.2) is 8.78 Å². The van der Waals surface area contributed by atoms with Crippen molar-refractivity contribution < 1.29 is 13.6 Å². The van der Waals surface area contributed by atoms with Crippen LogP contribution in [0.15, 0.2) is 30.9 Å². The first kappa shape index (κ1) is 15.6. The zero-order valence-electron chi connectivity index (χ0n) is 11.9. The van der Waals surface area contributed by atoms with Crippen LogP contribution >= 0.6 is 0 Å². The second-order valence-corrected chi connectivity index (χ2v) is 5.21. The fourth-order valence-corrected chi connectivity index (χ4v) is 2.64. The Kier molecular flexibility index (Phi) is 5.44. The third-order valence-corrected chi connectivity index (χ3v) is 3.77. The Bertz CT molecular complexity index is 519. The lowest BCUT2D eigenvalue weighted by molar-refractivity contribution is -0.129. The third-order valence-electron chi connectivity index (χ3n) is 3.77. The minimum atomic E-state index is -0.872. The Morgan fingerprint density at radius 3 is 3.00 bits per heavy atom. The van der Waals surface area contributed by atoms with Gasteiger partial charge in [0.05, 0.1) is 0 Å². The number of rotatable bonds is 7. The second-order valence-electron chi connectivity index (χ2n) is 5.21. The monoisotopic (exact) mass is 294 g/mol. The molecule has 114 valence electrons. The van der Waals surface area contributed by atoms with E-state index in [0.717, 1.165) is 32.0 Å². The molecule has 1 aromatic rings. The molecule has 1 aliphatic rings. The summed E-state index contributed by atoms with van der Waals surface area (Å²) in [6, 6.07) is 4.16. The Hall–Kier alpha value is -1.75. The molecule has 1 N–H and O–H groups in total. The lowest BCUT2D eigenvalue weighted by Crippen LogP contribution is -2.35. The zero-order chi connectivity index (χ0) is 15.2. The van der Waals surface area contributed by atoms with Crippen molar-refractivity contribution in [1.82, 2.24) is 10.2 Å². The molecule has 1 unspecified atom stereocenters. The molecule has 1 amide bonds. The molecule has 0 radical (unpaired) electrons. The fraction of sp³-hybridized carbons (Fsp3) is 0.438. The molecule has 0 aliphatic carbocycles. The van der Waals surface area contributed by atoms with Crippen molar-refractivity contribution in [1.29, 1.82) is 0 Å². The van der Waals surface area contributed by atoms with Crippen molar-refractivity contribution >= 4 is 5.91 Å². The quantitative estimate of drug-likeness (QED) is 0.619. The van der Waals surface area contributed by atoms with Gasteiger partial charge in [0.25, 0.3) is 0 Å². The maximum absolute atomic E-state index is 13.7. The van der Waals surface area contributed by atoms with Gasteiger partial charge in [-0.3, -0.25) is 4.79 Å². The molecule has 1 aromatic carbocycles. The van der Waals surface area contributed by atoms with Crippen LogP contribution in [0.4, 0.5) is 8.78 Å². The average Bonchev–Trinajstić information content (AvgIpc) is 2.81. The number of hydrogen-bond acceptors (Lipinski definition) is 2. The van der Waals surface area contributed by atoms with Crippen molar-refractivity contribution in [2.75, 3.05) is 13.1 Å².